The Hall–Kier alpha value is -3.22. The molecule has 0 spiro atoms. The second kappa shape index (κ2) is 9.10. The van der Waals surface area contributed by atoms with E-state index in [-0.39, 0.29) is 24.1 Å². The molecule has 0 bridgehead atoms. The lowest BCUT2D eigenvalue weighted by Gasteiger charge is -2.31. The molecule has 0 atom stereocenters. The Labute approximate surface area is 184 Å². The van der Waals surface area contributed by atoms with Crippen molar-refractivity contribution < 1.29 is 27.5 Å². The number of hydrogen-bond donors (Lipinski definition) is 1. The van der Waals surface area contributed by atoms with E-state index in [1.807, 2.05) is 17.5 Å². The lowest BCUT2D eigenvalue weighted by Crippen LogP contribution is -2.38. The monoisotopic (exact) mass is 468 g/mol. The number of anilines is 1. The molecule has 13 heteroatoms. The maximum atomic E-state index is 13.1. The van der Waals surface area contributed by atoms with Crippen LogP contribution < -0.4 is 10.2 Å². The minimum atomic E-state index is -4.67. The van der Waals surface area contributed by atoms with Crippen molar-refractivity contribution in [1.29, 1.82) is 0 Å². The van der Waals surface area contributed by atoms with Gasteiger partial charge in [0.2, 0.25) is 0 Å². The summed E-state index contributed by atoms with van der Waals surface area (Å²) in [5.41, 5.74) is -0.00288. The van der Waals surface area contributed by atoms with Gasteiger partial charge in [-0.05, 0) is 36.4 Å². The number of halogens is 3. The normalized spacial score (nSPS) is 15.2. The van der Waals surface area contributed by atoms with Gasteiger partial charge in [-0.15, -0.1) is 26.6 Å². The number of hydrogen-bond acceptors (Lipinski definition) is 8. The van der Waals surface area contributed by atoms with Crippen LogP contribution in [0.15, 0.2) is 29.6 Å². The lowest BCUT2D eigenvalue weighted by atomic mass is 9.97. The largest absolute Gasteiger partial charge is 0.455 e. The first-order valence-electron chi connectivity index (χ1n) is 9.81. The van der Waals surface area contributed by atoms with E-state index in [2.05, 4.69) is 20.6 Å². The van der Waals surface area contributed by atoms with Gasteiger partial charge in [-0.2, -0.15) is 17.7 Å². The van der Waals surface area contributed by atoms with E-state index < -0.39 is 18.0 Å². The maximum Gasteiger partial charge on any atom is 0.453 e. The molecule has 1 N–H and O–H groups in total. The van der Waals surface area contributed by atoms with E-state index in [0.29, 0.717) is 42.8 Å². The Morgan fingerprint density at radius 2 is 1.97 bits per heavy atom. The first-order valence-corrected chi connectivity index (χ1v) is 10.7. The van der Waals surface area contributed by atoms with E-state index in [1.54, 1.807) is 11.0 Å². The number of carbonyl (C=O) groups is 2. The lowest BCUT2D eigenvalue weighted by molar-refractivity contribution is -0.153. The topological polar surface area (TPSA) is 102 Å². The number of thiophene rings is 1. The number of ether oxygens (including phenoxy) is 1. The molecule has 1 aliphatic rings. The Morgan fingerprint density at radius 3 is 2.66 bits per heavy atom. The standard InChI is InChI=1S/C19H19F3N6O3S/c20-19(21,22)18-25-24-14-3-4-15(26-28(14)18)27-7-5-12(6-8-27)17(30)31-11-16(29)23-10-13-2-1-9-32-13/h1-4,9,12H,5-8,10-11H2,(H,23,29). The fourth-order valence-electron chi connectivity index (χ4n) is 3.37. The van der Waals surface area contributed by atoms with Gasteiger partial charge in [-0.25, -0.2) is 0 Å². The average Bonchev–Trinajstić information content (AvgIpc) is 3.45. The number of rotatable bonds is 6. The molecule has 170 valence electrons. The van der Waals surface area contributed by atoms with Crippen molar-refractivity contribution in [3.05, 3.63) is 40.3 Å². The molecule has 9 nitrogen and oxygen atoms in total. The third-order valence-electron chi connectivity index (χ3n) is 5.04. The van der Waals surface area contributed by atoms with E-state index in [1.165, 1.54) is 17.4 Å². The first-order chi connectivity index (χ1) is 15.3. The van der Waals surface area contributed by atoms with Crippen LogP contribution in [0.5, 0.6) is 0 Å². The van der Waals surface area contributed by atoms with E-state index in [9.17, 15) is 22.8 Å². The minimum absolute atomic E-state index is 0.00288. The SMILES string of the molecule is O=C(COC(=O)C1CCN(c2ccc3nnc(C(F)(F)F)n3n2)CC1)NCc1cccs1. The summed E-state index contributed by atoms with van der Waals surface area (Å²) < 4.78 is 45.0. The molecule has 1 saturated heterocycles. The van der Waals surface area contributed by atoms with Crippen molar-refractivity contribution >= 4 is 34.7 Å². The van der Waals surface area contributed by atoms with E-state index in [4.69, 9.17) is 4.74 Å². The molecular formula is C19H19F3N6O3S. The van der Waals surface area contributed by atoms with Crippen molar-refractivity contribution in [2.75, 3.05) is 24.6 Å². The molecule has 0 saturated carbocycles. The third kappa shape index (κ3) is 4.98. The van der Waals surface area contributed by atoms with Crippen LogP contribution in [0.2, 0.25) is 0 Å². The average molecular weight is 468 g/mol. The smallest absolute Gasteiger partial charge is 0.453 e. The fraction of sp³-hybridized carbons (Fsp3) is 0.421. The van der Waals surface area contributed by atoms with Crippen LogP contribution >= 0.6 is 11.3 Å². The number of aromatic nitrogens is 4. The van der Waals surface area contributed by atoms with Gasteiger partial charge in [-0.3, -0.25) is 9.59 Å². The molecule has 0 unspecified atom stereocenters. The van der Waals surface area contributed by atoms with Crippen LogP contribution in [-0.2, 0) is 27.0 Å². The van der Waals surface area contributed by atoms with Crippen LogP contribution in [0, 0.1) is 5.92 Å². The molecule has 1 amide bonds. The van der Waals surface area contributed by atoms with Gasteiger partial charge in [0, 0.05) is 18.0 Å². The Balaban J connectivity index is 1.28. The molecule has 3 aromatic rings. The fourth-order valence-corrected chi connectivity index (χ4v) is 4.02. The van der Waals surface area contributed by atoms with E-state index in [0.717, 1.165) is 4.88 Å². The molecule has 0 aliphatic carbocycles. The Morgan fingerprint density at radius 1 is 1.19 bits per heavy atom. The zero-order valence-corrected chi connectivity index (χ0v) is 17.5. The summed E-state index contributed by atoms with van der Waals surface area (Å²) >= 11 is 1.52. The zero-order chi connectivity index (χ0) is 22.7. The zero-order valence-electron chi connectivity index (χ0n) is 16.7. The predicted molar refractivity (Wildman–Crippen MR) is 108 cm³/mol. The van der Waals surface area contributed by atoms with Crippen LogP contribution in [0.4, 0.5) is 19.0 Å². The number of piperidine rings is 1. The van der Waals surface area contributed by atoms with Crippen LogP contribution in [0.3, 0.4) is 0 Å². The summed E-state index contributed by atoms with van der Waals surface area (Å²) in [6.07, 6.45) is -3.80. The van der Waals surface area contributed by atoms with Gasteiger partial charge in [0.1, 0.15) is 5.82 Å². The number of alkyl halides is 3. The number of fused-ring (bicyclic) bond motifs is 1. The van der Waals surface area contributed by atoms with Gasteiger partial charge in [-0.1, -0.05) is 6.07 Å². The number of esters is 1. The van der Waals surface area contributed by atoms with Crippen molar-refractivity contribution in [2.24, 2.45) is 5.92 Å². The van der Waals surface area contributed by atoms with E-state index >= 15 is 0 Å². The van der Waals surface area contributed by atoms with Crippen molar-refractivity contribution in [1.82, 2.24) is 25.1 Å². The molecular weight excluding hydrogens is 449 g/mol. The maximum absolute atomic E-state index is 13.1. The van der Waals surface area contributed by atoms with Crippen LogP contribution in [-0.4, -0.2) is 51.4 Å². The highest BCUT2D eigenvalue weighted by molar-refractivity contribution is 7.09. The Bertz CT molecular complexity index is 1090. The van der Waals surface area contributed by atoms with Gasteiger partial charge < -0.3 is 15.0 Å². The van der Waals surface area contributed by atoms with Gasteiger partial charge in [0.25, 0.3) is 11.7 Å². The van der Waals surface area contributed by atoms with Crippen LogP contribution in [0.1, 0.15) is 23.5 Å². The molecule has 0 aromatic carbocycles. The molecule has 32 heavy (non-hydrogen) atoms. The number of nitrogens with zero attached hydrogens (tertiary/aromatic N) is 5. The number of amides is 1. The number of nitrogens with one attached hydrogen (secondary N) is 1. The molecule has 1 fully saturated rings. The summed E-state index contributed by atoms with van der Waals surface area (Å²) in [6, 6.07) is 6.76. The van der Waals surface area contributed by atoms with Crippen molar-refractivity contribution in [3.63, 3.8) is 0 Å². The summed E-state index contributed by atoms with van der Waals surface area (Å²) in [6.45, 7) is 0.849. The van der Waals surface area contributed by atoms with Crippen LogP contribution in [0.25, 0.3) is 5.65 Å². The van der Waals surface area contributed by atoms with Crippen molar-refractivity contribution in [2.45, 2.75) is 25.6 Å². The summed E-state index contributed by atoms with van der Waals surface area (Å²) in [7, 11) is 0. The van der Waals surface area contributed by atoms with Gasteiger partial charge in [0.15, 0.2) is 12.3 Å². The predicted octanol–water partition coefficient (Wildman–Crippen LogP) is 2.28. The highest BCUT2D eigenvalue weighted by Crippen LogP contribution is 2.28. The third-order valence-corrected chi connectivity index (χ3v) is 5.92. The summed E-state index contributed by atoms with van der Waals surface area (Å²) in [5.74, 6) is -2.08. The highest BCUT2D eigenvalue weighted by atomic mass is 32.1. The summed E-state index contributed by atoms with van der Waals surface area (Å²) in [5, 5.41) is 15.3. The molecule has 0 radical (unpaired) electrons. The van der Waals surface area contributed by atoms with Crippen molar-refractivity contribution in [3.8, 4) is 0 Å². The number of carbonyl (C=O) groups excluding carboxylic acids is 2. The molecule has 3 aromatic heterocycles. The quantitative estimate of drug-likeness (QED) is 0.554. The molecule has 4 heterocycles. The first kappa shape index (κ1) is 22.0. The minimum Gasteiger partial charge on any atom is -0.455 e. The molecule has 1 aliphatic heterocycles. The highest BCUT2D eigenvalue weighted by Gasteiger charge is 2.38. The molecule has 4 rings (SSSR count). The van der Waals surface area contributed by atoms with Gasteiger partial charge >= 0.3 is 12.1 Å². The second-order valence-electron chi connectivity index (χ2n) is 7.21. The summed E-state index contributed by atoms with van der Waals surface area (Å²) in [4.78, 5) is 26.9. The van der Waals surface area contributed by atoms with Gasteiger partial charge in [0.05, 0.1) is 12.5 Å². The second-order valence-corrected chi connectivity index (χ2v) is 8.24. The Kier molecular flexibility index (Phi) is 6.26.